The van der Waals surface area contributed by atoms with Crippen molar-refractivity contribution >= 4 is 17.7 Å². The van der Waals surface area contributed by atoms with Crippen molar-refractivity contribution in [3.63, 3.8) is 0 Å². The summed E-state index contributed by atoms with van der Waals surface area (Å²) >= 11 is 0. The molecule has 27 heteroatoms. The van der Waals surface area contributed by atoms with Crippen LogP contribution < -0.4 is 0 Å². The molecule has 496 valence electrons. The van der Waals surface area contributed by atoms with E-state index < -0.39 is 224 Å². The van der Waals surface area contributed by atoms with E-state index in [-0.39, 0.29) is 29.6 Å². The summed E-state index contributed by atoms with van der Waals surface area (Å²) in [6.45, 7) is 15.6. The van der Waals surface area contributed by atoms with E-state index in [4.69, 9.17) is 42.6 Å². The predicted octanol–water partition coefficient (Wildman–Crippen LogP) is -2.59. The lowest BCUT2D eigenvalue weighted by Crippen LogP contribution is -2.76. The van der Waals surface area contributed by atoms with E-state index in [1.807, 2.05) is 34.6 Å². The Kier molecular flexibility index (Phi) is 19.6. The molecule has 4 heterocycles. The first kappa shape index (κ1) is 68.6. The summed E-state index contributed by atoms with van der Waals surface area (Å²) in [5, 5.41) is 168. The van der Waals surface area contributed by atoms with Gasteiger partial charge in [0.05, 0.1) is 56.1 Å². The fourth-order valence-electron chi connectivity index (χ4n) is 17.9. The molecule has 4 saturated carbocycles. The van der Waals surface area contributed by atoms with E-state index in [0.717, 1.165) is 5.57 Å². The molecule has 31 atom stereocenters. The van der Waals surface area contributed by atoms with Crippen LogP contribution in [0.4, 0.5) is 0 Å². The molecule has 0 bridgehead atoms. The van der Waals surface area contributed by atoms with E-state index in [1.54, 1.807) is 19.9 Å². The lowest BCUT2D eigenvalue weighted by molar-refractivity contribution is -0.401. The van der Waals surface area contributed by atoms with Gasteiger partial charge in [-0.2, -0.15) is 0 Å². The smallest absolute Gasteiger partial charge is 0.335 e. The molecule has 0 spiro atoms. The van der Waals surface area contributed by atoms with Gasteiger partial charge >= 0.3 is 11.9 Å². The lowest BCUT2D eigenvalue weighted by atomic mass is 9.32. The Morgan fingerprint density at radius 3 is 1.76 bits per heavy atom. The molecule has 5 aliphatic carbocycles. The normalized spacial score (nSPS) is 51.4. The topological polar surface area (TPSA) is 438 Å². The molecule has 4 saturated heterocycles. The summed E-state index contributed by atoms with van der Waals surface area (Å²) in [4.78, 5) is 40.6. The molecule has 0 aromatic carbocycles. The molecule has 15 N–H and O–H groups in total. The number of Topliss-reactive ketones (excluding diaryl/α,β-unsaturated/α-hetero) is 1. The van der Waals surface area contributed by atoms with Gasteiger partial charge < -0.3 is 119 Å². The zero-order chi connectivity index (χ0) is 64.3. The minimum absolute atomic E-state index is 0.186. The number of ether oxygens (including phenoxy) is 9. The zero-order valence-electron chi connectivity index (χ0n) is 50.9. The quantitative estimate of drug-likeness (QED) is 0.0346. The van der Waals surface area contributed by atoms with Gasteiger partial charge in [0.25, 0.3) is 0 Å². The lowest BCUT2D eigenvalue weighted by Gasteiger charge is -2.73. The second-order valence-corrected chi connectivity index (χ2v) is 28.2. The van der Waals surface area contributed by atoms with Crippen molar-refractivity contribution in [2.75, 3.05) is 26.4 Å². The van der Waals surface area contributed by atoms with Crippen molar-refractivity contribution in [2.24, 2.45) is 56.2 Å². The number of hydrogen-bond acceptors (Lipinski definition) is 26. The first-order valence-electron chi connectivity index (χ1n) is 30.4. The molecule has 0 radical (unpaired) electrons. The first-order chi connectivity index (χ1) is 40.6. The SMILES string of the molecule is C/C=C(/C)C(=O)O[C@H]1[C@H](C(C)=O)C(C)(C)C[C@H]2C3=CC[C@@H]4[C@@]5(C)CC[C@H](O[C@@H]6O[C@H](C(=O)O)[C@@H](O)[C@H](O[C@@H]7OC[C@@H](O)[C@H](O)[C@H]7O[C@@H]7O[C@H](CO)[C@@H](O)[C@H](O)[C@H]7O)[C@H]6O[C@@H]6O[C@H](CO)[C@H](O)[C@H](O)[C@H]6O)C(C)(C)[C@@H]5CC[C@@]4(C)[C@]3(C)[C@@H](O)[C@@H](O)[C@]21CO. The number of aliphatic hydroxyl groups is 14. The number of hydrogen-bond donors (Lipinski definition) is 15. The van der Waals surface area contributed by atoms with Crippen LogP contribution in [0.2, 0.25) is 0 Å². The van der Waals surface area contributed by atoms with Crippen molar-refractivity contribution in [1.29, 1.82) is 0 Å². The molecule has 8 fully saturated rings. The van der Waals surface area contributed by atoms with Gasteiger partial charge in [-0.25, -0.2) is 9.59 Å². The monoisotopic (exact) mass is 1250 g/mol. The Morgan fingerprint density at radius 2 is 1.22 bits per heavy atom. The van der Waals surface area contributed by atoms with Gasteiger partial charge in [0.1, 0.15) is 97.3 Å². The zero-order valence-corrected chi connectivity index (χ0v) is 50.9. The number of rotatable bonds is 15. The highest BCUT2D eigenvalue weighted by molar-refractivity contribution is 5.88. The van der Waals surface area contributed by atoms with Crippen LogP contribution in [-0.4, -0.2) is 262 Å². The Hall–Kier alpha value is -2.79. The van der Waals surface area contributed by atoms with Gasteiger partial charge in [-0.1, -0.05) is 66.2 Å². The number of carboxylic acid groups (broad SMARTS) is 1. The number of ketones is 1. The number of carbonyl (C=O) groups is 3. The molecule has 27 nitrogen and oxygen atoms in total. The average Bonchev–Trinajstić information content (AvgIpc) is 0.665. The van der Waals surface area contributed by atoms with Crippen molar-refractivity contribution in [3.05, 3.63) is 23.3 Å². The predicted molar refractivity (Wildman–Crippen MR) is 294 cm³/mol. The van der Waals surface area contributed by atoms with Crippen LogP contribution in [0.25, 0.3) is 0 Å². The molecule has 0 amide bonds. The van der Waals surface area contributed by atoms with Gasteiger partial charge in [0, 0.05) is 11.0 Å². The van der Waals surface area contributed by atoms with Crippen molar-refractivity contribution in [1.82, 2.24) is 0 Å². The maximum atomic E-state index is 13.7. The molecule has 9 rings (SSSR count). The summed E-state index contributed by atoms with van der Waals surface area (Å²) in [6.07, 6.45) is -35.9. The Balaban J connectivity index is 1.05. The van der Waals surface area contributed by atoms with E-state index in [0.29, 0.717) is 32.1 Å². The van der Waals surface area contributed by atoms with Crippen LogP contribution in [0.15, 0.2) is 23.3 Å². The molecule has 0 unspecified atom stereocenters. The van der Waals surface area contributed by atoms with Crippen LogP contribution in [0.1, 0.15) is 108 Å². The molecule has 0 aromatic rings. The maximum absolute atomic E-state index is 13.7. The first-order valence-corrected chi connectivity index (χ1v) is 30.4. The minimum Gasteiger partial charge on any atom is -0.479 e. The maximum Gasteiger partial charge on any atom is 0.335 e. The minimum atomic E-state index is -2.27. The van der Waals surface area contributed by atoms with Crippen molar-refractivity contribution < 1.29 is 134 Å². The molecule has 0 aromatic heterocycles. The van der Waals surface area contributed by atoms with E-state index >= 15 is 0 Å². The number of allylic oxidation sites excluding steroid dienone is 2. The third-order valence-corrected chi connectivity index (χ3v) is 23.0. The number of carbonyl (C=O) groups excluding carboxylic acids is 2. The van der Waals surface area contributed by atoms with Crippen molar-refractivity contribution in [3.8, 4) is 0 Å². The molecule has 4 aliphatic heterocycles. The highest BCUT2D eigenvalue weighted by Gasteiger charge is 2.76. The number of aliphatic hydroxyl groups excluding tert-OH is 14. The van der Waals surface area contributed by atoms with E-state index in [1.165, 1.54) is 6.92 Å². The summed E-state index contributed by atoms with van der Waals surface area (Å²) in [5.74, 6) is -4.72. The molecular weight excluding hydrogens is 1150 g/mol. The van der Waals surface area contributed by atoms with Crippen LogP contribution >= 0.6 is 0 Å². The summed E-state index contributed by atoms with van der Waals surface area (Å²) in [7, 11) is 0. The Labute approximate surface area is 504 Å². The van der Waals surface area contributed by atoms with Crippen LogP contribution in [0.5, 0.6) is 0 Å². The van der Waals surface area contributed by atoms with Crippen LogP contribution in [0, 0.1) is 56.2 Å². The van der Waals surface area contributed by atoms with Gasteiger partial charge in [0.15, 0.2) is 31.3 Å². The standard InChI is InChI=1S/C60H94O27/c1-11-23(2)50(78)87-48-33(24(3)64)55(4,5)18-26-25-12-13-31-57(8)16-15-32(56(6,7)30(57)14-17-58(31,9)59(25,10)46(74)47(75)60(26,48)22-63)82-54-45(86-52-40(72)38(70)36(68)29(20-62)81-52)42(41(73)43(84-54)49(76)77)83-53-44(34(66)27(65)21-79-53)85-51-39(71)37(69)35(67)28(19-61)80-51/h11-12,26-48,51-54,61-63,65-75H,13-22H2,1-10H3,(H,76,77)/b23-11-/t26-,27+,28+,29+,30-,31+,32-,33-,34-,35+,36-,37-,38-,39+,40+,41-,42-,43-,44+,45+,46-,47+,48-,51-,52-,53-,54+,57-,58+,59-,60-/m0/s1. The van der Waals surface area contributed by atoms with E-state index in [9.17, 15) is 91.0 Å². The molecule has 9 aliphatic rings. The number of esters is 1. The van der Waals surface area contributed by atoms with Crippen molar-refractivity contribution in [2.45, 2.75) is 249 Å². The average molecular weight is 1250 g/mol. The summed E-state index contributed by atoms with van der Waals surface area (Å²) in [5.41, 5.74) is -4.72. The van der Waals surface area contributed by atoms with Gasteiger partial charge in [0.2, 0.25) is 0 Å². The molecule has 87 heavy (non-hydrogen) atoms. The summed E-state index contributed by atoms with van der Waals surface area (Å²) in [6, 6.07) is 0. The van der Waals surface area contributed by atoms with Gasteiger partial charge in [-0.05, 0) is 98.7 Å². The fourth-order valence-corrected chi connectivity index (χ4v) is 17.9. The Morgan fingerprint density at radius 1 is 0.644 bits per heavy atom. The largest absolute Gasteiger partial charge is 0.479 e. The summed E-state index contributed by atoms with van der Waals surface area (Å²) < 4.78 is 54.9. The van der Waals surface area contributed by atoms with E-state index in [2.05, 4.69) is 19.9 Å². The van der Waals surface area contributed by atoms with Crippen LogP contribution in [-0.2, 0) is 57.0 Å². The molecular formula is C60H94O27. The van der Waals surface area contributed by atoms with Gasteiger partial charge in [-0.3, -0.25) is 4.79 Å². The fraction of sp³-hybridized carbons (Fsp3) is 0.883. The number of fused-ring (bicyclic) bond motifs is 7. The highest BCUT2D eigenvalue weighted by Crippen LogP contribution is 2.76. The highest BCUT2D eigenvalue weighted by atomic mass is 16.8. The number of aliphatic carboxylic acids is 1. The second-order valence-electron chi connectivity index (χ2n) is 28.2. The van der Waals surface area contributed by atoms with Gasteiger partial charge in [-0.15, -0.1) is 0 Å². The third kappa shape index (κ3) is 10.9. The third-order valence-electron chi connectivity index (χ3n) is 23.0. The number of carboxylic acids is 1. The Bertz CT molecular complexity index is 2560. The second kappa shape index (κ2) is 24.9. The van der Waals surface area contributed by atoms with Crippen LogP contribution in [0.3, 0.4) is 0 Å².